The van der Waals surface area contributed by atoms with Gasteiger partial charge in [0.2, 0.25) is 29.5 Å². The lowest BCUT2D eigenvalue weighted by molar-refractivity contribution is -0.144. The third kappa shape index (κ3) is 21.7. The van der Waals surface area contributed by atoms with Crippen LogP contribution in [0.15, 0.2) is 0 Å². The summed E-state index contributed by atoms with van der Waals surface area (Å²) in [6, 6.07) is -6.85. The molecule has 0 bridgehead atoms. The van der Waals surface area contributed by atoms with E-state index in [4.69, 9.17) is 10.2 Å². The molecule has 5 amide bonds. The van der Waals surface area contributed by atoms with E-state index in [1.54, 1.807) is 6.26 Å². The SMILES string of the molecule is CSN[C@@H](CCCCNC(=O)CC[C@H](NC(=O)CC[C@H](NC(=O)CC[C@H](NC(=O)CC[C@H](NC(C)=O)C(=O)O)C(=O)O)C(=O)O)C(=O)O)C(=O)O. The van der Waals surface area contributed by atoms with Gasteiger partial charge in [-0.3, -0.25) is 33.5 Å². The van der Waals surface area contributed by atoms with Crippen LogP contribution in [0.5, 0.6) is 0 Å². The lowest BCUT2D eigenvalue weighted by Gasteiger charge is -2.18. The Morgan fingerprint density at radius 1 is 0.471 bits per heavy atom. The second-order valence-corrected chi connectivity index (χ2v) is 11.8. The van der Waals surface area contributed by atoms with Gasteiger partial charge in [0.05, 0.1) is 0 Å². The summed E-state index contributed by atoms with van der Waals surface area (Å²) in [6.07, 6.45) is -0.456. The summed E-state index contributed by atoms with van der Waals surface area (Å²) in [5.41, 5.74) is 0. The first kappa shape index (κ1) is 46.0. The largest absolute Gasteiger partial charge is 0.480 e. The predicted molar refractivity (Wildman–Crippen MR) is 176 cm³/mol. The maximum atomic E-state index is 12.4. The zero-order chi connectivity index (χ0) is 39.1. The highest BCUT2D eigenvalue weighted by molar-refractivity contribution is 7.96. The molecule has 0 aliphatic heterocycles. The average molecular weight is 751 g/mol. The smallest absolute Gasteiger partial charge is 0.326 e. The molecule has 0 radical (unpaired) electrons. The lowest BCUT2D eigenvalue weighted by atomic mass is 10.1. The van der Waals surface area contributed by atoms with Crippen LogP contribution in [-0.2, 0) is 47.9 Å². The fourth-order valence-corrected chi connectivity index (χ4v) is 4.84. The number of amides is 5. The Morgan fingerprint density at radius 2 is 0.804 bits per heavy atom. The Kier molecular flexibility index (Phi) is 22.6. The second kappa shape index (κ2) is 25.0. The molecule has 288 valence electrons. The van der Waals surface area contributed by atoms with Crippen molar-refractivity contribution in [3.63, 3.8) is 0 Å². The fourth-order valence-electron chi connectivity index (χ4n) is 4.34. The van der Waals surface area contributed by atoms with Gasteiger partial charge in [-0.1, -0.05) is 11.9 Å². The molecule has 21 nitrogen and oxygen atoms in total. The molecule has 0 aliphatic carbocycles. The third-order valence-corrected chi connectivity index (χ3v) is 7.54. The summed E-state index contributed by atoms with van der Waals surface area (Å²) < 4.78 is 2.74. The molecule has 0 saturated carbocycles. The maximum absolute atomic E-state index is 12.4. The van der Waals surface area contributed by atoms with E-state index in [0.717, 1.165) is 6.92 Å². The van der Waals surface area contributed by atoms with Crippen LogP contribution in [0.4, 0.5) is 0 Å². The lowest BCUT2D eigenvalue weighted by Crippen LogP contribution is -2.45. The van der Waals surface area contributed by atoms with E-state index in [-0.39, 0.29) is 25.8 Å². The van der Waals surface area contributed by atoms with Crippen LogP contribution in [0.1, 0.15) is 77.6 Å². The number of hydrogen-bond donors (Lipinski definition) is 11. The normalized spacial score (nSPS) is 13.6. The van der Waals surface area contributed by atoms with Crippen LogP contribution < -0.4 is 31.3 Å². The summed E-state index contributed by atoms with van der Waals surface area (Å²) >= 11 is 1.17. The van der Waals surface area contributed by atoms with E-state index in [2.05, 4.69) is 31.3 Å². The number of rotatable bonds is 28. The minimum absolute atomic E-state index is 0.221. The van der Waals surface area contributed by atoms with Crippen molar-refractivity contribution in [2.24, 2.45) is 0 Å². The molecular formula is C29H46N6O15S. The number of nitrogens with one attached hydrogen (secondary N) is 6. The van der Waals surface area contributed by atoms with Gasteiger partial charge in [0.25, 0.3) is 0 Å². The Balaban J connectivity index is 4.79. The highest BCUT2D eigenvalue weighted by Crippen LogP contribution is 2.07. The van der Waals surface area contributed by atoms with Gasteiger partial charge in [0, 0.05) is 39.2 Å². The second-order valence-electron chi connectivity index (χ2n) is 11.2. The third-order valence-electron chi connectivity index (χ3n) is 7.02. The first-order valence-corrected chi connectivity index (χ1v) is 16.9. The van der Waals surface area contributed by atoms with Crippen molar-refractivity contribution in [2.45, 2.75) is 108 Å². The van der Waals surface area contributed by atoms with Crippen molar-refractivity contribution in [1.82, 2.24) is 31.3 Å². The average Bonchev–Trinajstić information content (AvgIpc) is 3.03. The molecule has 51 heavy (non-hydrogen) atoms. The molecule has 0 aromatic rings. The molecule has 0 heterocycles. The first-order valence-electron chi connectivity index (χ1n) is 15.7. The van der Waals surface area contributed by atoms with Crippen molar-refractivity contribution >= 4 is 71.3 Å². The van der Waals surface area contributed by atoms with Gasteiger partial charge in [-0.2, -0.15) is 0 Å². The number of carbonyl (C=O) groups is 10. The summed E-state index contributed by atoms with van der Waals surface area (Å²) in [5.74, 6) is -10.8. The summed E-state index contributed by atoms with van der Waals surface area (Å²) in [6.45, 7) is 1.30. The van der Waals surface area contributed by atoms with Crippen molar-refractivity contribution < 1.29 is 73.5 Å². The van der Waals surface area contributed by atoms with Gasteiger partial charge < -0.3 is 52.1 Å². The van der Waals surface area contributed by atoms with Gasteiger partial charge in [0.1, 0.15) is 30.2 Å². The van der Waals surface area contributed by atoms with E-state index in [1.165, 1.54) is 11.9 Å². The molecule has 5 atom stereocenters. The molecule has 0 fully saturated rings. The number of carbonyl (C=O) groups excluding carboxylic acids is 5. The highest BCUT2D eigenvalue weighted by Gasteiger charge is 2.27. The molecule has 0 aliphatic rings. The Bertz CT molecular complexity index is 1270. The van der Waals surface area contributed by atoms with Crippen molar-refractivity contribution in [3.05, 3.63) is 0 Å². The van der Waals surface area contributed by atoms with Gasteiger partial charge >= 0.3 is 29.8 Å². The molecule has 11 N–H and O–H groups in total. The van der Waals surface area contributed by atoms with Crippen LogP contribution in [0.3, 0.4) is 0 Å². The van der Waals surface area contributed by atoms with E-state index < -0.39 is 122 Å². The fraction of sp³-hybridized carbons (Fsp3) is 0.655. The molecule has 0 aromatic heterocycles. The van der Waals surface area contributed by atoms with E-state index >= 15 is 0 Å². The number of unbranched alkanes of at least 4 members (excludes halogenated alkanes) is 1. The number of aliphatic carboxylic acids is 5. The molecular weight excluding hydrogens is 704 g/mol. The zero-order valence-corrected chi connectivity index (χ0v) is 28.9. The molecule has 0 spiro atoms. The number of carboxylic acid groups (broad SMARTS) is 5. The van der Waals surface area contributed by atoms with E-state index in [9.17, 15) is 63.3 Å². The quantitative estimate of drug-likeness (QED) is 0.0304. The zero-order valence-electron chi connectivity index (χ0n) is 28.1. The predicted octanol–water partition coefficient (Wildman–Crippen LogP) is -1.99. The highest BCUT2D eigenvalue weighted by atomic mass is 32.2. The van der Waals surface area contributed by atoms with E-state index in [0.29, 0.717) is 19.3 Å². The number of hydrogen-bond acceptors (Lipinski definition) is 12. The monoisotopic (exact) mass is 750 g/mol. The Labute approximate surface area is 296 Å². The first-order chi connectivity index (χ1) is 23.9. The summed E-state index contributed by atoms with van der Waals surface area (Å²) in [4.78, 5) is 117. The maximum Gasteiger partial charge on any atom is 0.326 e. The topological polar surface area (TPSA) is 344 Å². The van der Waals surface area contributed by atoms with Crippen molar-refractivity contribution in [2.75, 3.05) is 12.8 Å². The van der Waals surface area contributed by atoms with Gasteiger partial charge in [0.15, 0.2) is 0 Å². The van der Waals surface area contributed by atoms with Crippen molar-refractivity contribution in [1.29, 1.82) is 0 Å². The molecule has 0 saturated heterocycles. The molecule has 22 heteroatoms. The van der Waals surface area contributed by atoms with Crippen molar-refractivity contribution in [3.8, 4) is 0 Å². The van der Waals surface area contributed by atoms with Gasteiger partial charge in [-0.05, 0) is 51.2 Å². The van der Waals surface area contributed by atoms with Crippen LogP contribution >= 0.6 is 11.9 Å². The standard InChI is InChI=1S/C29H46N6O15S/c1-15(36)31-16(25(41)42)7-11-22(38)33-18(27(45)46)9-13-24(40)34-19(28(47)48)8-12-23(39)32-17(26(43)44)6-10-21(37)30-14-4-3-5-20(29(49)50)35-51-2/h16-20,35H,3-14H2,1-2H3,(H,30,37)(H,31,36)(H,32,39)(H,33,38)(H,34,40)(H,41,42)(H,43,44)(H,45,46)(H,47,48)(H,49,50)/t16-,17-,18-,19-,20-/m0/s1. The minimum atomic E-state index is -1.63. The van der Waals surface area contributed by atoms with Crippen LogP contribution in [-0.4, -0.2) is 128 Å². The van der Waals surface area contributed by atoms with Crippen LogP contribution in [0, 0.1) is 0 Å². The molecule has 0 rings (SSSR count). The van der Waals surface area contributed by atoms with Crippen LogP contribution in [0.2, 0.25) is 0 Å². The minimum Gasteiger partial charge on any atom is -0.480 e. The molecule has 0 aromatic carbocycles. The molecule has 0 unspecified atom stereocenters. The Hall–Kier alpha value is -4.99. The van der Waals surface area contributed by atoms with Gasteiger partial charge in [-0.15, -0.1) is 0 Å². The van der Waals surface area contributed by atoms with E-state index in [1.807, 2.05) is 0 Å². The summed E-state index contributed by atoms with van der Waals surface area (Å²) in [7, 11) is 0. The van der Waals surface area contributed by atoms with Gasteiger partial charge in [-0.25, -0.2) is 19.2 Å². The Morgan fingerprint density at radius 3 is 1.12 bits per heavy atom. The summed E-state index contributed by atoms with van der Waals surface area (Å²) in [5, 5.41) is 57.7. The van der Waals surface area contributed by atoms with Crippen LogP contribution in [0.25, 0.3) is 0 Å². The number of carboxylic acids is 5.